The molecule has 0 aliphatic carbocycles. The van der Waals surface area contributed by atoms with E-state index in [2.05, 4.69) is 59.2 Å². The van der Waals surface area contributed by atoms with Gasteiger partial charge in [-0.05, 0) is 35.7 Å². The molecule has 6 nitrogen and oxygen atoms in total. The second-order valence-corrected chi connectivity index (χ2v) is 7.35. The average Bonchev–Trinajstić information content (AvgIpc) is 2.83. The minimum absolute atomic E-state index is 0. The summed E-state index contributed by atoms with van der Waals surface area (Å²) < 4.78 is 5.39. The van der Waals surface area contributed by atoms with Crippen LogP contribution in [0.4, 0.5) is 0 Å². The molecule has 0 spiro atoms. The van der Waals surface area contributed by atoms with Crippen LogP contribution >= 0.6 is 24.0 Å². The zero-order valence-electron chi connectivity index (χ0n) is 18.7. The minimum atomic E-state index is -0.501. The molecule has 1 amide bonds. The molecule has 3 aromatic carbocycles. The van der Waals surface area contributed by atoms with E-state index in [-0.39, 0.29) is 36.5 Å². The number of primary amides is 1. The van der Waals surface area contributed by atoms with Crippen LogP contribution in [0.3, 0.4) is 0 Å². The number of carbonyl (C=O) groups is 1. The Labute approximate surface area is 212 Å². The van der Waals surface area contributed by atoms with Crippen molar-refractivity contribution in [3.8, 4) is 5.75 Å². The Bertz CT molecular complexity index is 974. The Morgan fingerprint density at radius 3 is 2.15 bits per heavy atom. The van der Waals surface area contributed by atoms with Gasteiger partial charge in [-0.2, -0.15) is 0 Å². The van der Waals surface area contributed by atoms with Crippen molar-refractivity contribution in [3.05, 3.63) is 102 Å². The molecule has 0 saturated carbocycles. The number of carbonyl (C=O) groups excluding carboxylic acids is 1. The first-order valence-corrected chi connectivity index (χ1v) is 10.8. The lowest BCUT2D eigenvalue weighted by molar-refractivity contribution is -0.119. The van der Waals surface area contributed by atoms with Crippen molar-refractivity contribution in [2.24, 2.45) is 10.7 Å². The van der Waals surface area contributed by atoms with Gasteiger partial charge in [0, 0.05) is 19.0 Å². The van der Waals surface area contributed by atoms with Crippen molar-refractivity contribution in [3.63, 3.8) is 0 Å². The molecule has 0 fully saturated rings. The second kappa shape index (κ2) is 14.2. The Kier molecular flexibility index (Phi) is 11.2. The highest BCUT2D eigenvalue weighted by molar-refractivity contribution is 14.0. The molecule has 0 radical (unpaired) electrons. The summed E-state index contributed by atoms with van der Waals surface area (Å²) in [6, 6.07) is 28.5. The van der Waals surface area contributed by atoms with Gasteiger partial charge in [0.15, 0.2) is 12.6 Å². The summed E-state index contributed by atoms with van der Waals surface area (Å²) in [5.41, 5.74) is 8.63. The van der Waals surface area contributed by atoms with E-state index in [0.717, 1.165) is 18.1 Å². The zero-order chi connectivity index (χ0) is 22.6. The van der Waals surface area contributed by atoms with E-state index < -0.39 is 5.91 Å². The Morgan fingerprint density at radius 1 is 0.939 bits per heavy atom. The monoisotopic (exact) mass is 558 g/mol. The highest BCUT2D eigenvalue weighted by atomic mass is 127. The molecule has 0 atom stereocenters. The summed E-state index contributed by atoms with van der Waals surface area (Å²) in [6.07, 6.45) is 0. The summed E-state index contributed by atoms with van der Waals surface area (Å²) in [5, 5.41) is 6.80. The summed E-state index contributed by atoms with van der Waals surface area (Å²) >= 11 is 0. The number of nitrogens with two attached hydrogens (primary N) is 1. The van der Waals surface area contributed by atoms with Crippen LogP contribution in [-0.4, -0.2) is 31.6 Å². The fraction of sp³-hybridized carbons (Fsp3) is 0.231. The second-order valence-electron chi connectivity index (χ2n) is 7.35. The van der Waals surface area contributed by atoms with E-state index in [4.69, 9.17) is 15.5 Å². The van der Waals surface area contributed by atoms with Gasteiger partial charge < -0.3 is 21.1 Å². The molecule has 0 bridgehead atoms. The Balaban J connectivity index is 0.00000385. The zero-order valence-corrected chi connectivity index (χ0v) is 21.1. The first kappa shape index (κ1) is 26.2. The van der Waals surface area contributed by atoms with Crippen LogP contribution in [0.1, 0.15) is 29.5 Å². The molecule has 7 heteroatoms. The number of amides is 1. The predicted octanol–water partition coefficient (Wildman–Crippen LogP) is 4.06. The molecule has 0 aliphatic heterocycles. The Morgan fingerprint density at radius 2 is 1.58 bits per heavy atom. The Hall–Kier alpha value is -3.07. The first-order chi connectivity index (χ1) is 15.7. The topological polar surface area (TPSA) is 88.7 Å². The molecular formula is C26H31IN4O2. The van der Waals surface area contributed by atoms with Crippen molar-refractivity contribution < 1.29 is 9.53 Å². The standard InChI is InChI=1S/C26H30N4O2.HI/c1-2-28-26(29-17-20-10-9-15-23(16-20)32-19-25(27)31)30-18-24(21-11-5-3-6-12-21)22-13-7-4-8-14-22;/h3-16,24H,2,17-19H2,1H3,(H2,27,31)(H2,28,29,30);1H. The van der Waals surface area contributed by atoms with E-state index in [0.29, 0.717) is 18.8 Å². The van der Waals surface area contributed by atoms with Crippen LogP contribution in [0.5, 0.6) is 5.75 Å². The number of benzene rings is 3. The third-order valence-electron chi connectivity index (χ3n) is 4.92. The molecular weight excluding hydrogens is 527 g/mol. The van der Waals surface area contributed by atoms with Crippen LogP contribution in [0.15, 0.2) is 89.9 Å². The lowest BCUT2D eigenvalue weighted by Crippen LogP contribution is -2.39. The van der Waals surface area contributed by atoms with Crippen LogP contribution in [-0.2, 0) is 11.3 Å². The van der Waals surface area contributed by atoms with E-state index in [9.17, 15) is 4.79 Å². The summed E-state index contributed by atoms with van der Waals surface area (Å²) in [6.45, 7) is 3.85. The first-order valence-electron chi connectivity index (χ1n) is 10.8. The van der Waals surface area contributed by atoms with E-state index >= 15 is 0 Å². The van der Waals surface area contributed by atoms with Crippen molar-refractivity contribution in [2.75, 3.05) is 19.7 Å². The molecule has 3 rings (SSSR count). The van der Waals surface area contributed by atoms with Gasteiger partial charge in [0.05, 0.1) is 6.54 Å². The number of hydrogen-bond acceptors (Lipinski definition) is 3. The number of aliphatic imine (C=N–C) groups is 1. The quantitative estimate of drug-likeness (QED) is 0.199. The number of ether oxygens (including phenoxy) is 1. The molecule has 3 aromatic rings. The van der Waals surface area contributed by atoms with Crippen molar-refractivity contribution in [1.82, 2.24) is 10.6 Å². The normalized spacial score (nSPS) is 10.9. The van der Waals surface area contributed by atoms with Gasteiger partial charge in [-0.1, -0.05) is 72.8 Å². The van der Waals surface area contributed by atoms with Crippen molar-refractivity contribution in [1.29, 1.82) is 0 Å². The molecule has 0 aliphatic rings. The lowest BCUT2D eigenvalue weighted by Gasteiger charge is -2.20. The predicted molar refractivity (Wildman–Crippen MR) is 144 cm³/mol. The largest absolute Gasteiger partial charge is 0.484 e. The summed E-state index contributed by atoms with van der Waals surface area (Å²) in [4.78, 5) is 15.7. The number of hydrogen-bond donors (Lipinski definition) is 3. The molecule has 4 N–H and O–H groups in total. The average molecular weight is 558 g/mol. The summed E-state index contributed by atoms with van der Waals surface area (Å²) in [5.74, 6) is 1.04. The van der Waals surface area contributed by atoms with E-state index in [1.54, 1.807) is 6.07 Å². The van der Waals surface area contributed by atoms with Crippen LogP contribution < -0.4 is 21.1 Å². The minimum Gasteiger partial charge on any atom is -0.484 e. The maximum Gasteiger partial charge on any atom is 0.255 e. The molecule has 33 heavy (non-hydrogen) atoms. The number of nitrogens with one attached hydrogen (secondary N) is 2. The number of guanidine groups is 1. The number of nitrogens with zero attached hydrogens (tertiary/aromatic N) is 1. The molecule has 0 heterocycles. The number of halogens is 1. The van der Waals surface area contributed by atoms with Crippen molar-refractivity contribution in [2.45, 2.75) is 19.4 Å². The fourth-order valence-corrected chi connectivity index (χ4v) is 3.40. The van der Waals surface area contributed by atoms with Crippen molar-refractivity contribution >= 4 is 35.8 Å². The molecule has 0 unspecified atom stereocenters. The smallest absolute Gasteiger partial charge is 0.255 e. The van der Waals surface area contributed by atoms with Gasteiger partial charge in [0.2, 0.25) is 0 Å². The maximum atomic E-state index is 10.9. The van der Waals surface area contributed by atoms with Gasteiger partial charge in [0.1, 0.15) is 5.75 Å². The van der Waals surface area contributed by atoms with Gasteiger partial charge in [-0.3, -0.25) is 4.79 Å². The SMILES string of the molecule is CCNC(=NCc1cccc(OCC(N)=O)c1)NCC(c1ccccc1)c1ccccc1.I. The van der Waals surface area contributed by atoms with Crippen LogP contribution in [0, 0.1) is 0 Å². The van der Waals surface area contributed by atoms with Gasteiger partial charge in [0.25, 0.3) is 5.91 Å². The number of rotatable bonds is 10. The van der Waals surface area contributed by atoms with E-state index in [1.807, 2.05) is 37.3 Å². The van der Waals surface area contributed by atoms with E-state index in [1.165, 1.54) is 11.1 Å². The molecule has 0 aromatic heterocycles. The third kappa shape index (κ3) is 8.76. The van der Waals surface area contributed by atoms with Crippen LogP contribution in [0.25, 0.3) is 0 Å². The van der Waals surface area contributed by atoms with Gasteiger partial charge in [-0.25, -0.2) is 4.99 Å². The van der Waals surface area contributed by atoms with Gasteiger partial charge >= 0.3 is 0 Å². The van der Waals surface area contributed by atoms with Gasteiger partial charge in [-0.15, -0.1) is 24.0 Å². The third-order valence-corrected chi connectivity index (χ3v) is 4.92. The highest BCUT2D eigenvalue weighted by Crippen LogP contribution is 2.23. The maximum absolute atomic E-state index is 10.9. The lowest BCUT2D eigenvalue weighted by atomic mass is 9.91. The fourth-order valence-electron chi connectivity index (χ4n) is 3.40. The molecule has 174 valence electrons. The van der Waals surface area contributed by atoms with Crippen LogP contribution in [0.2, 0.25) is 0 Å². The molecule has 0 saturated heterocycles. The summed E-state index contributed by atoms with van der Waals surface area (Å²) in [7, 11) is 0. The highest BCUT2D eigenvalue weighted by Gasteiger charge is 2.14.